The van der Waals surface area contributed by atoms with Crippen LogP contribution in [0.2, 0.25) is 5.15 Å². The van der Waals surface area contributed by atoms with E-state index in [2.05, 4.69) is 10.3 Å². The molecule has 0 unspecified atom stereocenters. The first kappa shape index (κ1) is 26.4. The van der Waals surface area contributed by atoms with Crippen molar-refractivity contribution in [2.24, 2.45) is 7.05 Å². The Morgan fingerprint density at radius 2 is 1.86 bits per heavy atom. The van der Waals surface area contributed by atoms with Crippen molar-refractivity contribution in [3.8, 4) is 11.3 Å². The number of carbonyl (C=O) groups is 1. The lowest BCUT2D eigenvalue weighted by Crippen LogP contribution is -2.31. The van der Waals surface area contributed by atoms with Gasteiger partial charge in [0.25, 0.3) is 5.91 Å². The summed E-state index contributed by atoms with van der Waals surface area (Å²) in [5.74, 6) is -0.424. The highest BCUT2D eigenvalue weighted by atomic mass is 35.5. The van der Waals surface area contributed by atoms with Gasteiger partial charge in [-0.2, -0.15) is 0 Å². The zero-order valence-electron chi connectivity index (χ0n) is 21.3. The van der Waals surface area contributed by atoms with E-state index in [1.165, 1.54) is 6.07 Å². The number of halogens is 1. The third-order valence-corrected chi connectivity index (χ3v) is 6.75. The summed E-state index contributed by atoms with van der Waals surface area (Å²) in [5, 5.41) is 3.68. The Hall–Kier alpha value is -3.63. The minimum Gasteiger partial charge on any atom is -0.455 e. The van der Waals surface area contributed by atoms with Gasteiger partial charge in [0.1, 0.15) is 16.5 Å². The molecule has 2 N–H and O–H groups in total. The molecule has 0 fully saturated rings. The van der Waals surface area contributed by atoms with E-state index in [1.807, 2.05) is 55.6 Å². The number of rotatable bonds is 6. The Morgan fingerprint density at radius 1 is 1.16 bits per heavy atom. The van der Waals surface area contributed by atoms with Gasteiger partial charge in [-0.05, 0) is 57.0 Å². The second-order valence-electron chi connectivity index (χ2n) is 9.24. The molecule has 0 aliphatic rings. The van der Waals surface area contributed by atoms with Gasteiger partial charge in [-0.1, -0.05) is 17.7 Å². The minimum atomic E-state index is -3.82. The Bertz CT molecular complexity index is 1720. The van der Waals surface area contributed by atoms with Crippen molar-refractivity contribution in [2.45, 2.75) is 33.7 Å². The minimum absolute atomic E-state index is 0.0298. The zero-order valence-corrected chi connectivity index (χ0v) is 22.8. The molecule has 0 bridgehead atoms. The van der Waals surface area contributed by atoms with E-state index < -0.39 is 22.0 Å². The predicted octanol–water partition coefficient (Wildman–Crippen LogP) is 4.63. The number of pyridine rings is 1. The van der Waals surface area contributed by atoms with Crippen molar-refractivity contribution in [3.05, 3.63) is 80.0 Å². The van der Waals surface area contributed by atoms with Crippen molar-refractivity contribution in [1.29, 1.82) is 0 Å². The van der Waals surface area contributed by atoms with E-state index in [9.17, 15) is 18.0 Å². The molecule has 1 aromatic carbocycles. The summed E-state index contributed by atoms with van der Waals surface area (Å²) < 4.78 is 33.5. The zero-order chi connectivity index (χ0) is 27.2. The SMILES string of the molecule is Cc1cc([C@@H](C)Nc2ccc(Cl)nc2C(=O)NS(C)(=O)=O)c2oc(-c3cn(C)cc3C)c(C)c(=O)c2c1. The third kappa shape index (κ3) is 5.40. The quantitative estimate of drug-likeness (QED) is 0.340. The summed E-state index contributed by atoms with van der Waals surface area (Å²) in [5.41, 5.74) is 4.24. The van der Waals surface area contributed by atoms with Crippen molar-refractivity contribution in [1.82, 2.24) is 14.3 Å². The van der Waals surface area contributed by atoms with E-state index in [0.29, 0.717) is 27.9 Å². The number of anilines is 1. The van der Waals surface area contributed by atoms with Crippen molar-refractivity contribution >= 4 is 44.2 Å². The number of nitrogens with one attached hydrogen (secondary N) is 2. The standard InChI is InChI=1S/C26H27ClN4O5S/c1-13-9-17(16(4)28-20-7-8-21(27)29-22(20)26(33)30-37(6,34)35)25-18(10-13)23(32)15(3)24(36-25)19-12-31(5)11-14(19)2/h7-12,16,28H,1-6H3,(H,30,33)/t16-/m1/s1. The van der Waals surface area contributed by atoms with Gasteiger partial charge >= 0.3 is 0 Å². The molecule has 11 heteroatoms. The highest BCUT2D eigenvalue weighted by molar-refractivity contribution is 7.89. The topological polar surface area (TPSA) is 123 Å². The molecule has 0 spiro atoms. The second-order valence-corrected chi connectivity index (χ2v) is 11.4. The molecule has 1 amide bonds. The molecule has 194 valence electrons. The lowest BCUT2D eigenvalue weighted by molar-refractivity contribution is 0.0977. The van der Waals surface area contributed by atoms with Gasteiger partial charge < -0.3 is 14.3 Å². The van der Waals surface area contributed by atoms with Crippen LogP contribution in [0, 0.1) is 20.8 Å². The van der Waals surface area contributed by atoms with Crippen LogP contribution in [0.1, 0.15) is 45.7 Å². The number of benzene rings is 1. The van der Waals surface area contributed by atoms with Crippen LogP contribution in [-0.2, 0) is 17.1 Å². The van der Waals surface area contributed by atoms with E-state index >= 15 is 0 Å². The van der Waals surface area contributed by atoms with Crippen LogP contribution >= 0.6 is 11.6 Å². The molecular formula is C26H27ClN4O5S. The highest BCUT2D eigenvalue weighted by Crippen LogP contribution is 2.34. The smallest absolute Gasteiger partial charge is 0.285 e. The number of hydrogen-bond acceptors (Lipinski definition) is 7. The summed E-state index contributed by atoms with van der Waals surface area (Å²) in [6, 6.07) is 6.26. The fourth-order valence-corrected chi connectivity index (χ4v) is 4.94. The Balaban J connectivity index is 1.85. The van der Waals surface area contributed by atoms with Crippen molar-refractivity contribution in [3.63, 3.8) is 0 Å². The van der Waals surface area contributed by atoms with Crippen LogP contribution in [0.3, 0.4) is 0 Å². The fraction of sp³-hybridized carbons (Fsp3) is 0.269. The summed E-state index contributed by atoms with van der Waals surface area (Å²) >= 11 is 5.99. The molecule has 0 saturated carbocycles. The molecule has 0 saturated heterocycles. The number of carbonyl (C=O) groups excluding carboxylic acids is 1. The second kappa shape index (κ2) is 9.68. The molecule has 9 nitrogen and oxygen atoms in total. The number of nitrogens with zero attached hydrogens (tertiary/aromatic N) is 2. The first-order valence-electron chi connectivity index (χ1n) is 11.4. The Kier molecular flexibility index (Phi) is 6.91. The van der Waals surface area contributed by atoms with Crippen LogP contribution in [-0.4, -0.2) is 30.1 Å². The predicted molar refractivity (Wildman–Crippen MR) is 145 cm³/mol. The number of hydrogen-bond donors (Lipinski definition) is 2. The van der Waals surface area contributed by atoms with Crippen molar-refractivity contribution < 1.29 is 17.6 Å². The normalized spacial score (nSPS) is 12.5. The number of aromatic nitrogens is 2. The van der Waals surface area contributed by atoms with E-state index in [0.717, 1.165) is 22.9 Å². The summed E-state index contributed by atoms with van der Waals surface area (Å²) in [6.45, 7) is 7.43. The third-order valence-electron chi connectivity index (χ3n) is 5.98. The summed E-state index contributed by atoms with van der Waals surface area (Å²) in [6.07, 6.45) is 4.74. The van der Waals surface area contributed by atoms with Crippen LogP contribution < -0.4 is 15.5 Å². The molecule has 0 aliphatic heterocycles. The van der Waals surface area contributed by atoms with Gasteiger partial charge in [-0.25, -0.2) is 18.1 Å². The number of amides is 1. The van der Waals surface area contributed by atoms with Gasteiger partial charge in [0.05, 0.1) is 23.4 Å². The molecule has 3 heterocycles. The van der Waals surface area contributed by atoms with E-state index in [-0.39, 0.29) is 22.0 Å². The molecule has 1 atom stereocenters. The van der Waals surface area contributed by atoms with Gasteiger partial charge in [0, 0.05) is 36.1 Å². The molecule has 3 aromatic heterocycles. The first-order chi connectivity index (χ1) is 17.2. The Labute approximate surface area is 219 Å². The van der Waals surface area contributed by atoms with Crippen LogP contribution in [0.15, 0.2) is 45.9 Å². The lowest BCUT2D eigenvalue weighted by atomic mass is 9.98. The highest BCUT2D eigenvalue weighted by Gasteiger charge is 2.23. The molecular weight excluding hydrogens is 516 g/mol. The monoisotopic (exact) mass is 542 g/mol. The maximum absolute atomic E-state index is 13.4. The maximum atomic E-state index is 13.4. The molecule has 37 heavy (non-hydrogen) atoms. The van der Waals surface area contributed by atoms with E-state index in [1.54, 1.807) is 19.1 Å². The van der Waals surface area contributed by atoms with Crippen LogP contribution in [0.5, 0.6) is 0 Å². The summed E-state index contributed by atoms with van der Waals surface area (Å²) in [4.78, 5) is 30.1. The van der Waals surface area contributed by atoms with Crippen molar-refractivity contribution in [2.75, 3.05) is 11.6 Å². The average molecular weight is 543 g/mol. The number of sulfonamides is 1. The van der Waals surface area contributed by atoms with Crippen LogP contribution in [0.25, 0.3) is 22.3 Å². The largest absolute Gasteiger partial charge is 0.455 e. The fourth-order valence-electron chi connectivity index (χ4n) is 4.35. The lowest BCUT2D eigenvalue weighted by Gasteiger charge is -2.20. The van der Waals surface area contributed by atoms with Gasteiger partial charge in [0.15, 0.2) is 11.1 Å². The Morgan fingerprint density at radius 3 is 2.49 bits per heavy atom. The first-order valence-corrected chi connectivity index (χ1v) is 13.7. The maximum Gasteiger partial charge on any atom is 0.285 e. The van der Waals surface area contributed by atoms with E-state index in [4.69, 9.17) is 16.0 Å². The van der Waals surface area contributed by atoms with Gasteiger partial charge in [-0.15, -0.1) is 0 Å². The molecule has 4 aromatic rings. The average Bonchev–Trinajstić information content (AvgIpc) is 3.13. The summed E-state index contributed by atoms with van der Waals surface area (Å²) in [7, 11) is -1.91. The molecule has 0 aliphatic carbocycles. The molecule has 4 rings (SSSR count). The van der Waals surface area contributed by atoms with Gasteiger partial charge in [-0.3, -0.25) is 9.59 Å². The molecule has 0 radical (unpaired) electrons. The number of fused-ring (bicyclic) bond motifs is 1. The van der Waals surface area contributed by atoms with Crippen LogP contribution in [0.4, 0.5) is 5.69 Å². The number of aryl methyl sites for hydroxylation is 3. The van der Waals surface area contributed by atoms with Gasteiger partial charge in [0.2, 0.25) is 10.0 Å².